The molecule has 198 valence electrons. The monoisotopic (exact) mass is 506 g/mol. The smallest absolute Gasteiger partial charge is 0.226 e. The number of nitrogens with zero attached hydrogens (tertiary/aromatic N) is 7. The molecule has 2 aliphatic rings. The Morgan fingerprint density at radius 1 is 1.03 bits per heavy atom. The zero-order valence-corrected chi connectivity index (χ0v) is 21.4. The van der Waals surface area contributed by atoms with E-state index in [1.54, 1.807) is 0 Å². The van der Waals surface area contributed by atoms with Gasteiger partial charge in [0.25, 0.3) is 0 Å². The maximum Gasteiger partial charge on any atom is 0.226 e. The molecule has 0 atom stereocenters. The second-order valence-electron chi connectivity index (χ2n) is 9.68. The van der Waals surface area contributed by atoms with Gasteiger partial charge in [0.05, 0.1) is 26.0 Å². The number of benzene rings is 1. The van der Waals surface area contributed by atoms with E-state index in [1.807, 2.05) is 10.9 Å². The average molecular weight is 507 g/mol. The zero-order valence-electron chi connectivity index (χ0n) is 21.4. The maximum atomic E-state index is 5.60. The summed E-state index contributed by atoms with van der Waals surface area (Å²) in [6, 6.07) is 13.1. The number of nitrogens with two attached hydrogens (primary N) is 1. The Morgan fingerprint density at radius 3 is 2.62 bits per heavy atom. The molecule has 0 saturated carbocycles. The SMILES string of the molecule is NCCCn1cc(CNc2nc(NC3CCN(Cc4ccccc4)CC3)cc(N3CCOCC3)n2)nn1. The van der Waals surface area contributed by atoms with Gasteiger partial charge in [0.2, 0.25) is 5.95 Å². The van der Waals surface area contributed by atoms with Crippen LogP contribution in [0.3, 0.4) is 0 Å². The highest BCUT2D eigenvalue weighted by Gasteiger charge is 2.21. The molecule has 11 nitrogen and oxygen atoms in total. The molecular formula is C26H38N10O. The third-order valence-corrected chi connectivity index (χ3v) is 6.84. The lowest BCUT2D eigenvalue weighted by Crippen LogP contribution is -2.39. The quantitative estimate of drug-likeness (QED) is 0.356. The van der Waals surface area contributed by atoms with Gasteiger partial charge in [-0.05, 0) is 31.4 Å². The number of nitrogens with one attached hydrogen (secondary N) is 2. The molecule has 4 heterocycles. The number of aryl methyl sites for hydroxylation is 1. The van der Waals surface area contributed by atoms with E-state index in [2.05, 4.69) is 67.1 Å². The van der Waals surface area contributed by atoms with Crippen molar-refractivity contribution in [3.05, 3.63) is 53.9 Å². The summed E-state index contributed by atoms with van der Waals surface area (Å²) < 4.78 is 7.37. The van der Waals surface area contributed by atoms with Crippen molar-refractivity contribution < 1.29 is 4.74 Å². The van der Waals surface area contributed by atoms with Crippen LogP contribution >= 0.6 is 0 Å². The van der Waals surface area contributed by atoms with Gasteiger partial charge in [0.15, 0.2) is 0 Å². The van der Waals surface area contributed by atoms with E-state index in [4.69, 9.17) is 20.4 Å². The van der Waals surface area contributed by atoms with Crippen LogP contribution in [0, 0.1) is 0 Å². The van der Waals surface area contributed by atoms with E-state index in [1.165, 1.54) is 5.56 Å². The number of aromatic nitrogens is 5. The minimum Gasteiger partial charge on any atom is -0.378 e. The van der Waals surface area contributed by atoms with Gasteiger partial charge in [-0.1, -0.05) is 35.5 Å². The molecule has 1 aromatic carbocycles. The predicted molar refractivity (Wildman–Crippen MR) is 144 cm³/mol. The van der Waals surface area contributed by atoms with Crippen LogP contribution in [0.2, 0.25) is 0 Å². The molecule has 3 aromatic rings. The molecule has 0 aliphatic carbocycles. The van der Waals surface area contributed by atoms with Crippen LogP contribution in [0.15, 0.2) is 42.6 Å². The number of hydrogen-bond donors (Lipinski definition) is 3. The normalized spacial score (nSPS) is 17.2. The number of anilines is 3. The van der Waals surface area contributed by atoms with E-state index < -0.39 is 0 Å². The number of morpholine rings is 1. The fraction of sp³-hybridized carbons (Fsp3) is 0.538. The average Bonchev–Trinajstić information content (AvgIpc) is 3.41. The molecule has 0 spiro atoms. The molecule has 2 saturated heterocycles. The first-order chi connectivity index (χ1) is 18.2. The Labute approximate surface area is 218 Å². The van der Waals surface area contributed by atoms with E-state index in [0.717, 1.165) is 75.9 Å². The molecule has 2 fully saturated rings. The lowest BCUT2D eigenvalue weighted by atomic mass is 10.0. The first-order valence-corrected chi connectivity index (χ1v) is 13.3. The molecule has 2 aromatic heterocycles. The van der Waals surface area contributed by atoms with Crippen molar-refractivity contribution >= 4 is 17.6 Å². The van der Waals surface area contributed by atoms with Gasteiger partial charge in [0.1, 0.15) is 17.3 Å². The van der Waals surface area contributed by atoms with Gasteiger partial charge in [-0.25, -0.2) is 0 Å². The van der Waals surface area contributed by atoms with E-state index in [0.29, 0.717) is 38.3 Å². The first-order valence-electron chi connectivity index (χ1n) is 13.3. The lowest BCUT2D eigenvalue weighted by molar-refractivity contribution is 0.122. The van der Waals surface area contributed by atoms with Crippen LogP contribution in [0.25, 0.3) is 0 Å². The van der Waals surface area contributed by atoms with Gasteiger partial charge in [-0.2, -0.15) is 9.97 Å². The molecule has 0 unspecified atom stereocenters. The van der Waals surface area contributed by atoms with Gasteiger partial charge in [-0.15, -0.1) is 5.10 Å². The highest BCUT2D eigenvalue weighted by molar-refractivity contribution is 5.54. The number of likely N-dealkylation sites (tertiary alicyclic amines) is 1. The molecular weight excluding hydrogens is 468 g/mol. The summed E-state index contributed by atoms with van der Waals surface area (Å²) in [4.78, 5) is 14.4. The summed E-state index contributed by atoms with van der Waals surface area (Å²) in [5, 5.41) is 15.5. The van der Waals surface area contributed by atoms with Crippen molar-refractivity contribution in [2.24, 2.45) is 5.73 Å². The van der Waals surface area contributed by atoms with Crippen molar-refractivity contribution in [1.82, 2.24) is 29.9 Å². The number of piperidine rings is 1. The molecule has 37 heavy (non-hydrogen) atoms. The van der Waals surface area contributed by atoms with Gasteiger partial charge < -0.3 is 26.0 Å². The standard InChI is InChI=1S/C26H38N10O/c27-9-4-10-36-20-23(32-33-36)18-28-26-30-24(17-25(31-26)35-13-15-37-16-14-35)29-22-7-11-34(12-8-22)19-21-5-2-1-3-6-21/h1-3,5-6,17,20,22H,4,7-16,18-19,27H2,(H2,28,29,30,31). The molecule has 0 radical (unpaired) electrons. The Balaban J connectivity index is 1.21. The predicted octanol–water partition coefficient (Wildman–Crippen LogP) is 1.94. The van der Waals surface area contributed by atoms with Crippen molar-refractivity contribution in [3.63, 3.8) is 0 Å². The van der Waals surface area contributed by atoms with Crippen molar-refractivity contribution in [2.75, 3.05) is 61.5 Å². The maximum absolute atomic E-state index is 5.60. The Kier molecular flexibility index (Phi) is 8.78. The summed E-state index contributed by atoms with van der Waals surface area (Å²) in [5.74, 6) is 2.35. The molecule has 5 rings (SSSR count). The summed E-state index contributed by atoms with van der Waals surface area (Å²) in [6.07, 6.45) is 4.98. The minimum absolute atomic E-state index is 0.384. The zero-order chi connectivity index (χ0) is 25.3. The third kappa shape index (κ3) is 7.37. The molecule has 11 heteroatoms. The van der Waals surface area contributed by atoms with E-state index in [9.17, 15) is 0 Å². The fourth-order valence-corrected chi connectivity index (χ4v) is 4.78. The first kappa shape index (κ1) is 25.4. The van der Waals surface area contributed by atoms with Crippen LogP contribution in [0.4, 0.5) is 17.6 Å². The Hall–Kier alpha value is -3.28. The van der Waals surface area contributed by atoms with Crippen LogP contribution < -0.4 is 21.3 Å². The number of ether oxygens (including phenoxy) is 1. The molecule has 0 bridgehead atoms. The number of hydrogen-bond acceptors (Lipinski definition) is 10. The summed E-state index contributed by atoms with van der Waals surface area (Å²) in [6.45, 7) is 8.12. The third-order valence-electron chi connectivity index (χ3n) is 6.84. The fourth-order valence-electron chi connectivity index (χ4n) is 4.78. The highest BCUT2D eigenvalue weighted by Crippen LogP contribution is 2.23. The second-order valence-corrected chi connectivity index (χ2v) is 9.68. The summed E-state index contributed by atoms with van der Waals surface area (Å²) in [5.41, 5.74) is 7.82. The summed E-state index contributed by atoms with van der Waals surface area (Å²) in [7, 11) is 0. The molecule has 2 aliphatic heterocycles. The van der Waals surface area contributed by atoms with Gasteiger partial charge >= 0.3 is 0 Å². The van der Waals surface area contributed by atoms with Crippen LogP contribution in [-0.4, -0.2) is 81.8 Å². The topological polar surface area (TPSA) is 122 Å². The molecule has 0 amide bonds. The van der Waals surface area contributed by atoms with E-state index in [-0.39, 0.29) is 0 Å². The van der Waals surface area contributed by atoms with Gasteiger partial charge in [0, 0.05) is 51.4 Å². The second kappa shape index (κ2) is 12.8. The highest BCUT2D eigenvalue weighted by atomic mass is 16.5. The van der Waals surface area contributed by atoms with Gasteiger partial charge in [-0.3, -0.25) is 9.58 Å². The van der Waals surface area contributed by atoms with Crippen molar-refractivity contribution in [3.8, 4) is 0 Å². The van der Waals surface area contributed by atoms with Crippen LogP contribution in [-0.2, 0) is 24.4 Å². The van der Waals surface area contributed by atoms with Crippen LogP contribution in [0.1, 0.15) is 30.5 Å². The largest absolute Gasteiger partial charge is 0.378 e. The Bertz CT molecular complexity index is 1090. The minimum atomic E-state index is 0.384. The van der Waals surface area contributed by atoms with E-state index >= 15 is 0 Å². The lowest BCUT2D eigenvalue weighted by Gasteiger charge is -2.33. The Morgan fingerprint density at radius 2 is 1.84 bits per heavy atom. The van der Waals surface area contributed by atoms with Crippen molar-refractivity contribution in [2.45, 2.75) is 44.9 Å². The van der Waals surface area contributed by atoms with Crippen LogP contribution in [0.5, 0.6) is 0 Å². The van der Waals surface area contributed by atoms with Crippen molar-refractivity contribution in [1.29, 1.82) is 0 Å². The number of rotatable bonds is 11. The summed E-state index contributed by atoms with van der Waals surface area (Å²) >= 11 is 0. The molecule has 4 N–H and O–H groups in total.